The minimum absolute atomic E-state index is 0.121. The zero-order valence-electron chi connectivity index (χ0n) is 11.4. The van der Waals surface area contributed by atoms with Gasteiger partial charge in [0, 0.05) is 12.8 Å². The first-order valence-corrected chi connectivity index (χ1v) is 6.67. The smallest absolute Gasteiger partial charge is 0.162 e. The van der Waals surface area contributed by atoms with Crippen molar-refractivity contribution in [1.29, 1.82) is 0 Å². The molecule has 1 aromatic carbocycles. The van der Waals surface area contributed by atoms with E-state index in [2.05, 4.69) is 0 Å². The first kappa shape index (κ1) is 14.4. The van der Waals surface area contributed by atoms with Gasteiger partial charge in [-0.2, -0.15) is 0 Å². The van der Waals surface area contributed by atoms with E-state index in [-0.39, 0.29) is 12.0 Å². The molecule has 19 heavy (non-hydrogen) atoms. The van der Waals surface area contributed by atoms with Gasteiger partial charge in [-0.1, -0.05) is 19.1 Å². The predicted molar refractivity (Wildman–Crippen MR) is 68.9 cm³/mol. The highest BCUT2D eigenvalue weighted by Crippen LogP contribution is 2.36. The molecular formula is C15H20F2O2. The van der Waals surface area contributed by atoms with Crippen LogP contribution in [0.2, 0.25) is 0 Å². The molecule has 0 radical (unpaired) electrons. The molecule has 2 unspecified atom stereocenters. The van der Waals surface area contributed by atoms with E-state index >= 15 is 0 Å². The second-order valence-electron chi connectivity index (χ2n) is 5.69. The highest BCUT2D eigenvalue weighted by atomic mass is 19.2. The Bertz CT molecular complexity index is 463. The van der Waals surface area contributed by atoms with Crippen LogP contribution in [0, 0.1) is 11.6 Å². The van der Waals surface area contributed by atoms with E-state index in [1.807, 2.05) is 13.8 Å². The molecule has 2 nitrogen and oxygen atoms in total. The van der Waals surface area contributed by atoms with Crippen molar-refractivity contribution >= 4 is 0 Å². The van der Waals surface area contributed by atoms with Gasteiger partial charge in [0.15, 0.2) is 11.6 Å². The summed E-state index contributed by atoms with van der Waals surface area (Å²) < 4.78 is 32.6. The van der Waals surface area contributed by atoms with Crippen LogP contribution in [0.5, 0.6) is 0 Å². The first-order chi connectivity index (χ1) is 8.87. The Kier molecular flexibility index (Phi) is 3.92. The third-order valence-corrected chi connectivity index (χ3v) is 4.02. The molecule has 106 valence electrons. The van der Waals surface area contributed by atoms with Gasteiger partial charge in [0.25, 0.3) is 0 Å². The molecule has 0 bridgehead atoms. The highest BCUT2D eigenvalue weighted by molar-refractivity contribution is 5.21. The van der Waals surface area contributed by atoms with Crippen LogP contribution in [-0.4, -0.2) is 22.9 Å². The Balaban J connectivity index is 2.19. The quantitative estimate of drug-likeness (QED) is 0.913. The summed E-state index contributed by atoms with van der Waals surface area (Å²) in [6.45, 7) is 4.38. The fourth-order valence-electron chi connectivity index (χ4n) is 2.74. The van der Waals surface area contributed by atoms with Crippen LogP contribution in [-0.2, 0) is 11.2 Å². The van der Waals surface area contributed by atoms with Gasteiger partial charge in [-0.25, -0.2) is 8.78 Å². The highest BCUT2D eigenvalue weighted by Gasteiger charge is 2.41. The zero-order chi connectivity index (χ0) is 14.1. The number of aliphatic hydroxyl groups is 1. The normalized spacial score (nSPS) is 31.4. The van der Waals surface area contributed by atoms with E-state index in [0.29, 0.717) is 19.4 Å². The Morgan fingerprint density at radius 1 is 1.37 bits per heavy atom. The molecule has 0 aliphatic carbocycles. The SMILES string of the molecule is CCC1(C)CC(O)(Cc2cccc(F)c2F)CCO1. The molecule has 2 atom stereocenters. The molecule has 1 aliphatic rings. The van der Waals surface area contributed by atoms with Gasteiger partial charge in [-0.05, 0) is 31.4 Å². The maximum absolute atomic E-state index is 13.7. The van der Waals surface area contributed by atoms with Crippen LogP contribution in [0.15, 0.2) is 18.2 Å². The molecule has 1 heterocycles. The maximum Gasteiger partial charge on any atom is 0.162 e. The maximum atomic E-state index is 13.7. The fourth-order valence-corrected chi connectivity index (χ4v) is 2.74. The van der Waals surface area contributed by atoms with E-state index in [1.165, 1.54) is 12.1 Å². The Morgan fingerprint density at radius 3 is 2.79 bits per heavy atom. The lowest BCUT2D eigenvalue weighted by Gasteiger charge is -2.43. The van der Waals surface area contributed by atoms with Crippen molar-refractivity contribution in [1.82, 2.24) is 0 Å². The number of ether oxygens (including phenoxy) is 1. The lowest BCUT2D eigenvalue weighted by atomic mass is 9.78. The van der Waals surface area contributed by atoms with Crippen LogP contribution in [0.25, 0.3) is 0 Å². The van der Waals surface area contributed by atoms with Crippen molar-refractivity contribution in [3.05, 3.63) is 35.4 Å². The lowest BCUT2D eigenvalue weighted by Crippen LogP contribution is -2.48. The number of halogens is 2. The molecule has 1 N–H and O–H groups in total. The third-order valence-electron chi connectivity index (χ3n) is 4.02. The van der Waals surface area contributed by atoms with Gasteiger partial charge in [-0.3, -0.25) is 0 Å². The summed E-state index contributed by atoms with van der Waals surface area (Å²) >= 11 is 0. The second-order valence-corrected chi connectivity index (χ2v) is 5.69. The van der Waals surface area contributed by atoms with Crippen LogP contribution in [0.3, 0.4) is 0 Å². The van der Waals surface area contributed by atoms with Crippen molar-refractivity contribution in [2.24, 2.45) is 0 Å². The van der Waals surface area contributed by atoms with Gasteiger partial charge >= 0.3 is 0 Å². The summed E-state index contributed by atoms with van der Waals surface area (Å²) in [6.07, 6.45) is 1.78. The van der Waals surface area contributed by atoms with E-state index in [4.69, 9.17) is 4.74 Å². The van der Waals surface area contributed by atoms with Gasteiger partial charge < -0.3 is 9.84 Å². The van der Waals surface area contributed by atoms with Crippen LogP contribution < -0.4 is 0 Å². The number of hydrogen-bond donors (Lipinski definition) is 1. The van der Waals surface area contributed by atoms with Crippen LogP contribution >= 0.6 is 0 Å². The summed E-state index contributed by atoms with van der Waals surface area (Å²) in [5.74, 6) is -1.73. The largest absolute Gasteiger partial charge is 0.389 e. The summed E-state index contributed by atoms with van der Waals surface area (Å²) in [6, 6.07) is 4.08. The second kappa shape index (κ2) is 5.17. The Hall–Kier alpha value is -1.00. The van der Waals surface area contributed by atoms with Gasteiger partial charge in [0.05, 0.1) is 17.8 Å². The average Bonchev–Trinajstić information content (AvgIpc) is 2.35. The summed E-state index contributed by atoms with van der Waals surface area (Å²) in [7, 11) is 0. The molecule has 2 rings (SSSR count). The Morgan fingerprint density at radius 2 is 2.11 bits per heavy atom. The van der Waals surface area contributed by atoms with Crippen molar-refractivity contribution in [2.45, 2.75) is 50.7 Å². The van der Waals surface area contributed by atoms with Gasteiger partial charge in [-0.15, -0.1) is 0 Å². The van der Waals surface area contributed by atoms with E-state index in [1.54, 1.807) is 0 Å². The number of rotatable bonds is 3. The monoisotopic (exact) mass is 270 g/mol. The minimum Gasteiger partial charge on any atom is -0.389 e. The lowest BCUT2D eigenvalue weighted by molar-refractivity contribution is -0.153. The summed E-state index contributed by atoms with van der Waals surface area (Å²) in [5.41, 5.74) is -1.20. The van der Waals surface area contributed by atoms with Crippen molar-refractivity contribution in [3.8, 4) is 0 Å². The topological polar surface area (TPSA) is 29.5 Å². The molecular weight excluding hydrogens is 250 g/mol. The molecule has 1 saturated heterocycles. The first-order valence-electron chi connectivity index (χ1n) is 6.67. The zero-order valence-corrected chi connectivity index (χ0v) is 11.4. The predicted octanol–water partition coefficient (Wildman–Crippen LogP) is 3.22. The van der Waals surface area contributed by atoms with Crippen molar-refractivity contribution < 1.29 is 18.6 Å². The average molecular weight is 270 g/mol. The van der Waals surface area contributed by atoms with Gasteiger partial charge in [0.2, 0.25) is 0 Å². The molecule has 0 amide bonds. The third kappa shape index (κ3) is 3.12. The molecule has 0 aromatic heterocycles. The minimum atomic E-state index is -1.03. The number of hydrogen-bond acceptors (Lipinski definition) is 2. The van der Waals surface area contributed by atoms with E-state index in [9.17, 15) is 13.9 Å². The molecule has 0 spiro atoms. The van der Waals surface area contributed by atoms with E-state index in [0.717, 1.165) is 12.5 Å². The number of benzene rings is 1. The molecule has 4 heteroatoms. The van der Waals surface area contributed by atoms with Crippen molar-refractivity contribution in [2.75, 3.05) is 6.61 Å². The molecule has 1 aromatic rings. The summed E-state index contributed by atoms with van der Waals surface area (Å²) in [4.78, 5) is 0. The molecule has 1 aliphatic heterocycles. The van der Waals surface area contributed by atoms with Crippen LogP contribution in [0.4, 0.5) is 8.78 Å². The summed E-state index contributed by atoms with van der Waals surface area (Å²) in [5, 5.41) is 10.6. The van der Waals surface area contributed by atoms with Crippen LogP contribution in [0.1, 0.15) is 38.7 Å². The molecule has 0 saturated carbocycles. The van der Waals surface area contributed by atoms with Crippen molar-refractivity contribution in [3.63, 3.8) is 0 Å². The Labute approximate surface area is 112 Å². The van der Waals surface area contributed by atoms with E-state index < -0.39 is 22.8 Å². The fraction of sp³-hybridized carbons (Fsp3) is 0.600. The molecule has 1 fully saturated rings. The van der Waals surface area contributed by atoms with Gasteiger partial charge in [0.1, 0.15) is 0 Å². The standard InChI is InChI=1S/C15H20F2O2/c1-3-14(2)10-15(18,7-8-19-14)9-11-5-4-6-12(16)13(11)17/h4-6,18H,3,7-10H2,1-2H3.